The summed E-state index contributed by atoms with van der Waals surface area (Å²) in [7, 11) is 1.53. The number of carbonyl (C=O) groups is 2. The van der Waals surface area contributed by atoms with E-state index in [-0.39, 0.29) is 5.91 Å². The van der Waals surface area contributed by atoms with E-state index in [1.165, 1.54) is 18.9 Å². The molecule has 4 nitrogen and oxygen atoms in total. The molecule has 1 N–H and O–H groups in total. The van der Waals surface area contributed by atoms with E-state index >= 15 is 0 Å². The summed E-state index contributed by atoms with van der Waals surface area (Å²) < 4.78 is 0. The van der Waals surface area contributed by atoms with E-state index in [2.05, 4.69) is 0 Å². The predicted octanol–water partition coefficient (Wildman–Crippen LogP) is 1.06. The number of carboxylic acids is 1. The molecule has 0 radical (unpaired) electrons. The second kappa shape index (κ2) is 6.70. The molecule has 5 heteroatoms. The first-order chi connectivity index (χ1) is 6.50. The van der Waals surface area contributed by atoms with Gasteiger partial charge < -0.3 is 10.0 Å². The Morgan fingerprint density at radius 1 is 1.50 bits per heavy atom. The first-order valence-corrected chi connectivity index (χ1v) is 5.87. The van der Waals surface area contributed by atoms with Gasteiger partial charge in [-0.05, 0) is 25.4 Å². The Kier molecular flexibility index (Phi) is 6.36. The Hall–Kier alpha value is -0.710. The second-order valence-electron chi connectivity index (χ2n) is 3.12. The molecular formula is C9H17NO3S. The maximum atomic E-state index is 11.4. The molecule has 0 spiro atoms. The molecule has 0 aliphatic heterocycles. The fourth-order valence-electron chi connectivity index (χ4n) is 0.926. The van der Waals surface area contributed by atoms with E-state index in [1.54, 1.807) is 11.8 Å². The molecule has 0 fully saturated rings. The number of carboxylic acid groups (broad SMARTS) is 1. The minimum atomic E-state index is -0.967. The third-order valence-corrected chi connectivity index (χ3v) is 2.77. The summed E-state index contributed by atoms with van der Waals surface area (Å²) in [6.45, 7) is 1.51. The maximum absolute atomic E-state index is 11.4. The quantitative estimate of drug-likeness (QED) is 0.679. The average molecular weight is 219 g/mol. The number of aliphatic carboxylic acids is 1. The van der Waals surface area contributed by atoms with Crippen molar-refractivity contribution in [1.82, 2.24) is 4.90 Å². The zero-order chi connectivity index (χ0) is 11.1. The van der Waals surface area contributed by atoms with Crippen LogP contribution in [0.3, 0.4) is 0 Å². The summed E-state index contributed by atoms with van der Waals surface area (Å²) in [4.78, 5) is 23.3. The van der Waals surface area contributed by atoms with Gasteiger partial charge in [-0.15, -0.1) is 0 Å². The Labute approximate surface area is 88.7 Å². The van der Waals surface area contributed by atoms with Gasteiger partial charge in [0.1, 0.15) is 6.04 Å². The summed E-state index contributed by atoms with van der Waals surface area (Å²) in [5, 5.41) is 8.67. The second-order valence-corrected chi connectivity index (χ2v) is 4.10. The van der Waals surface area contributed by atoms with Gasteiger partial charge in [0.25, 0.3) is 0 Å². The minimum absolute atomic E-state index is 0.103. The maximum Gasteiger partial charge on any atom is 0.326 e. The Morgan fingerprint density at radius 3 is 2.50 bits per heavy atom. The van der Waals surface area contributed by atoms with Gasteiger partial charge in [0.2, 0.25) is 5.91 Å². The zero-order valence-corrected chi connectivity index (χ0v) is 9.63. The predicted molar refractivity (Wildman–Crippen MR) is 57.5 cm³/mol. The topological polar surface area (TPSA) is 57.6 Å². The third-order valence-electron chi connectivity index (χ3n) is 2.07. The Bertz CT molecular complexity index is 208. The van der Waals surface area contributed by atoms with E-state index in [9.17, 15) is 9.59 Å². The summed E-state index contributed by atoms with van der Waals surface area (Å²) >= 11 is 1.68. The molecule has 1 atom stereocenters. The van der Waals surface area contributed by atoms with E-state index in [0.717, 1.165) is 12.2 Å². The molecule has 14 heavy (non-hydrogen) atoms. The van der Waals surface area contributed by atoms with Crippen LogP contribution in [-0.4, -0.2) is 47.0 Å². The van der Waals surface area contributed by atoms with Crippen LogP contribution in [0.5, 0.6) is 0 Å². The van der Waals surface area contributed by atoms with Gasteiger partial charge in [0.05, 0.1) is 0 Å². The highest BCUT2D eigenvalue weighted by Gasteiger charge is 2.20. The van der Waals surface area contributed by atoms with Gasteiger partial charge in [-0.1, -0.05) is 0 Å². The molecule has 0 aliphatic carbocycles. The van der Waals surface area contributed by atoms with E-state index in [0.29, 0.717) is 6.42 Å². The van der Waals surface area contributed by atoms with Crippen LogP contribution >= 0.6 is 11.8 Å². The largest absolute Gasteiger partial charge is 0.480 e. The highest BCUT2D eigenvalue weighted by atomic mass is 32.2. The van der Waals surface area contributed by atoms with Crippen LogP contribution < -0.4 is 0 Å². The van der Waals surface area contributed by atoms with Crippen LogP contribution in [-0.2, 0) is 9.59 Å². The smallest absolute Gasteiger partial charge is 0.326 e. The average Bonchev–Trinajstić information content (AvgIpc) is 2.15. The fourth-order valence-corrected chi connectivity index (χ4v) is 1.36. The first-order valence-electron chi connectivity index (χ1n) is 4.48. The summed E-state index contributed by atoms with van der Waals surface area (Å²) in [5.74, 6) is -0.138. The molecular weight excluding hydrogens is 202 g/mol. The summed E-state index contributed by atoms with van der Waals surface area (Å²) in [6, 6.07) is -0.739. The lowest BCUT2D eigenvalue weighted by Crippen LogP contribution is -2.40. The molecule has 0 saturated carbocycles. The Balaban J connectivity index is 3.92. The van der Waals surface area contributed by atoms with Crippen LogP contribution in [0.25, 0.3) is 0 Å². The standard InChI is InChI=1S/C9H17NO3S/c1-7(9(12)13)10(2)8(11)5-4-6-14-3/h7H,4-6H2,1-3H3,(H,12,13). The number of thioether (sulfide) groups is 1. The SMILES string of the molecule is CSCCCC(=O)N(C)C(C)C(=O)O. The van der Waals surface area contributed by atoms with Crippen LogP contribution in [0.1, 0.15) is 19.8 Å². The van der Waals surface area contributed by atoms with Crippen molar-refractivity contribution in [2.45, 2.75) is 25.8 Å². The van der Waals surface area contributed by atoms with E-state index < -0.39 is 12.0 Å². The Morgan fingerprint density at radius 2 is 2.07 bits per heavy atom. The van der Waals surface area contributed by atoms with Crippen LogP contribution in [0, 0.1) is 0 Å². The highest BCUT2D eigenvalue weighted by Crippen LogP contribution is 2.04. The summed E-state index contributed by atoms with van der Waals surface area (Å²) in [6.07, 6.45) is 3.21. The first kappa shape index (κ1) is 13.3. The monoisotopic (exact) mass is 219 g/mol. The van der Waals surface area contributed by atoms with Crippen LogP contribution in [0.4, 0.5) is 0 Å². The van der Waals surface area contributed by atoms with Crippen molar-refractivity contribution in [1.29, 1.82) is 0 Å². The van der Waals surface area contributed by atoms with Crippen molar-refractivity contribution in [2.24, 2.45) is 0 Å². The number of rotatable bonds is 6. The minimum Gasteiger partial charge on any atom is -0.480 e. The van der Waals surface area contributed by atoms with Gasteiger partial charge in [-0.2, -0.15) is 11.8 Å². The van der Waals surface area contributed by atoms with Gasteiger partial charge in [0, 0.05) is 13.5 Å². The lowest BCUT2D eigenvalue weighted by molar-refractivity contribution is -0.148. The van der Waals surface area contributed by atoms with Gasteiger partial charge in [0.15, 0.2) is 0 Å². The van der Waals surface area contributed by atoms with Crippen molar-refractivity contribution < 1.29 is 14.7 Å². The number of amides is 1. The third kappa shape index (κ3) is 4.50. The van der Waals surface area contributed by atoms with E-state index in [4.69, 9.17) is 5.11 Å². The number of nitrogens with zero attached hydrogens (tertiary/aromatic N) is 1. The van der Waals surface area contributed by atoms with Crippen molar-refractivity contribution >= 4 is 23.6 Å². The van der Waals surface area contributed by atoms with Crippen LogP contribution in [0.2, 0.25) is 0 Å². The molecule has 1 unspecified atom stereocenters. The van der Waals surface area contributed by atoms with E-state index in [1.807, 2.05) is 6.26 Å². The molecule has 1 amide bonds. The molecule has 0 aromatic rings. The molecule has 0 rings (SSSR count). The van der Waals surface area contributed by atoms with Crippen molar-refractivity contribution in [2.75, 3.05) is 19.1 Å². The molecule has 82 valence electrons. The van der Waals surface area contributed by atoms with Crippen molar-refractivity contribution in [3.63, 3.8) is 0 Å². The van der Waals surface area contributed by atoms with Gasteiger partial charge in [-0.3, -0.25) is 4.79 Å². The number of hydrogen-bond acceptors (Lipinski definition) is 3. The molecule has 0 bridgehead atoms. The molecule has 0 aromatic carbocycles. The molecule has 0 aliphatic rings. The molecule has 0 aromatic heterocycles. The lowest BCUT2D eigenvalue weighted by Gasteiger charge is -2.21. The zero-order valence-electron chi connectivity index (χ0n) is 8.82. The summed E-state index contributed by atoms with van der Waals surface area (Å²) in [5.41, 5.74) is 0. The van der Waals surface area contributed by atoms with Crippen LogP contribution in [0.15, 0.2) is 0 Å². The number of hydrogen-bond donors (Lipinski definition) is 1. The molecule has 0 saturated heterocycles. The van der Waals surface area contributed by atoms with Crippen molar-refractivity contribution in [3.8, 4) is 0 Å². The molecule has 0 heterocycles. The van der Waals surface area contributed by atoms with Gasteiger partial charge in [-0.25, -0.2) is 4.79 Å². The lowest BCUT2D eigenvalue weighted by atomic mass is 10.2. The fraction of sp³-hybridized carbons (Fsp3) is 0.778. The van der Waals surface area contributed by atoms with Gasteiger partial charge >= 0.3 is 5.97 Å². The highest BCUT2D eigenvalue weighted by molar-refractivity contribution is 7.98. The van der Waals surface area contributed by atoms with Crippen molar-refractivity contribution in [3.05, 3.63) is 0 Å². The normalized spacial score (nSPS) is 12.2. The number of carbonyl (C=O) groups excluding carboxylic acids is 1. The number of likely N-dealkylation sites (N-methyl/N-ethyl adjacent to an activating group) is 1.